The largest absolute Gasteiger partial charge is 0.484 e. The van der Waals surface area contributed by atoms with E-state index < -0.39 is 0 Å². The standard InChI is InChI=1S/C26H35N3O3/c1-22(30)8-9-23-10-12-25(13-11-23)32-21-26(31)27-14-5-15-28-16-18-29(19-17-28)20-24-6-3-2-4-7-24/h2-4,6-7,10-13H,5,8-9,14-21H2,1H3,(H,27,31). The highest BCUT2D eigenvalue weighted by Crippen LogP contribution is 2.13. The topological polar surface area (TPSA) is 61.9 Å². The maximum absolute atomic E-state index is 12.0. The number of carbonyl (C=O) groups is 2. The second-order valence-electron chi connectivity index (χ2n) is 8.44. The lowest BCUT2D eigenvalue weighted by Gasteiger charge is -2.34. The average molecular weight is 438 g/mol. The number of ether oxygens (including phenoxy) is 1. The molecule has 0 unspecified atom stereocenters. The highest BCUT2D eigenvalue weighted by atomic mass is 16.5. The van der Waals surface area contributed by atoms with Crippen LogP contribution in [0.4, 0.5) is 0 Å². The van der Waals surface area contributed by atoms with Crippen molar-refractivity contribution in [1.29, 1.82) is 0 Å². The van der Waals surface area contributed by atoms with E-state index in [1.165, 1.54) is 5.56 Å². The molecule has 1 fully saturated rings. The summed E-state index contributed by atoms with van der Waals surface area (Å²) in [5, 5.41) is 2.94. The highest BCUT2D eigenvalue weighted by Gasteiger charge is 2.16. The molecule has 1 amide bonds. The van der Waals surface area contributed by atoms with E-state index in [0.29, 0.717) is 18.7 Å². The Labute approximate surface area is 191 Å². The van der Waals surface area contributed by atoms with Crippen LogP contribution in [0.3, 0.4) is 0 Å². The zero-order valence-electron chi connectivity index (χ0n) is 19.1. The second kappa shape index (κ2) is 13.0. The first-order valence-electron chi connectivity index (χ1n) is 11.5. The molecule has 0 bridgehead atoms. The van der Waals surface area contributed by atoms with Crippen molar-refractivity contribution >= 4 is 11.7 Å². The lowest BCUT2D eigenvalue weighted by atomic mass is 10.1. The summed E-state index contributed by atoms with van der Waals surface area (Å²) in [7, 11) is 0. The van der Waals surface area contributed by atoms with Crippen LogP contribution in [0, 0.1) is 0 Å². The number of rotatable bonds is 12. The first kappa shape index (κ1) is 24.0. The van der Waals surface area contributed by atoms with Gasteiger partial charge in [-0.1, -0.05) is 42.5 Å². The zero-order chi connectivity index (χ0) is 22.6. The number of ketones is 1. The SMILES string of the molecule is CC(=O)CCc1ccc(OCC(=O)NCCCN2CCN(Cc3ccccc3)CC2)cc1. The molecule has 2 aromatic carbocycles. The van der Waals surface area contributed by atoms with E-state index in [1.807, 2.05) is 24.3 Å². The molecule has 6 nitrogen and oxygen atoms in total. The minimum Gasteiger partial charge on any atom is -0.484 e. The third-order valence-electron chi connectivity index (χ3n) is 5.75. The van der Waals surface area contributed by atoms with Crippen LogP contribution in [0.25, 0.3) is 0 Å². The molecule has 1 aliphatic rings. The maximum atomic E-state index is 12.0. The molecular weight excluding hydrogens is 402 g/mol. The van der Waals surface area contributed by atoms with Gasteiger partial charge in [0.1, 0.15) is 11.5 Å². The van der Waals surface area contributed by atoms with Gasteiger partial charge in [0, 0.05) is 45.7 Å². The van der Waals surface area contributed by atoms with Gasteiger partial charge in [0.05, 0.1) is 0 Å². The summed E-state index contributed by atoms with van der Waals surface area (Å²) in [5.74, 6) is 0.755. The van der Waals surface area contributed by atoms with E-state index in [9.17, 15) is 9.59 Å². The Morgan fingerprint density at radius 3 is 2.28 bits per heavy atom. The van der Waals surface area contributed by atoms with Crippen LogP contribution in [0.2, 0.25) is 0 Å². The smallest absolute Gasteiger partial charge is 0.257 e. The van der Waals surface area contributed by atoms with E-state index in [-0.39, 0.29) is 18.3 Å². The van der Waals surface area contributed by atoms with Gasteiger partial charge in [0.2, 0.25) is 0 Å². The van der Waals surface area contributed by atoms with Crippen LogP contribution >= 0.6 is 0 Å². The zero-order valence-corrected chi connectivity index (χ0v) is 19.1. The Balaban J connectivity index is 1.23. The normalized spacial score (nSPS) is 14.8. The van der Waals surface area contributed by atoms with E-state index in [2.05, 4.69) is 45.4 Å². The summed E-state index contributed by atoms with van der Waals surface area (Å²) in [4.78, 5) is 28.1. The van der Waals surface area contributed by atoms with Crippen LogP contribution in [-0.2, 0) is 22.6 Å². The molecule has 1 N–H and O–H groups in total. The number of benzene rings is 2. The van der Waals surface area contributed by atoms with Gasteiger partial charge in [-0.25, -0.2) is 0 Å². The van der Waals surface area contributed by atoms with Crippen LogP contribution in [-0.4, -0.2) is 67.4 Å². The van der Waals surface area contributed by atoms with Gasteiger partial charge in [-0.2, -0.15) is 0 Å². The first-order chi connectivity index (χ1) is 15.6. The second-order valence-corrected chi connectivity index (χ2v) is 8.44. The van der Waals surface area contributed by atoms with Crippen LogP contribution in [0.1, 0.15) is 30.9 Å². The molecule has 6 heteroatoms. The highest BCUT2D eigenvalue weighted by molar-refractivity contribution is 5.77. The lowest BCUT2D eigenvalue weighted by molar-refractivity contribution is -0.123. The van der Waals surface area contributed by atoms with Crippen molar-refractivity contribution < 1.29 is 14.3 Å². The van der Waals surface area contributed by atoms with E-state index in [1.54, 1.807) is 6.92 Å². The fourth-order valence-electron chi connectivity index (χ4n) is 3.82. The third kappa shape index (κ3) is 8.81. The number of hydrogen-bond acceptors (Lipinski definition) is 5. The Morgan fingerprint density at radius 2 is 1.59 bits per heavy atom. The van der Waals surface area contributed by atoms with E-state index in [0.717, 1.165) is 57.7 Å². The molecule has 0 saturated carbocycles. The molecule has 2 aromatic rings. The number of piperazine rings is 1. The fraction of sp³-hybridized carbons (Fsp3) is 0.462. The summed E-state index contributed by atoms with van der Waals surface area (Å²) >= 11 is 0. The fourth-order valence-corrected chi connectivity index (χ4v) is 3.82. The molecule has 1 heterocycles. The molecule has 172 valence electrons. The van der Waals surface area contributed by atoms with Crippen molar-refractivity contribution in [3.8, 4) is 5.75 Å². The molecular formula is C26H35N3O3. The average Bonchev–Trinajstić information content (AvgIpc) is 2.81. The monoisotopic (exact) mass is 437 g/mol. The molecule has 32 heavy (non-hydrogen) atoms. The minimum absolute atomic E-state index is 0.0188. The summed E-state index contributed by atoms with van der Waals surface area (Å²) in [6, 6.07) is 18.2. The lowest BCUT2D eigenvalue weighted by Crippen LogP contribution is -2.46. The van der Waals surface area contributed by atoms with Crippen LogP contribution in [0.15, 0.2) is 54.6 Å². The Bertz CT molecular complexity index is 831. The Hall–Kier alpha value is -2.70. The summed E-state index contributed by atoms with van der Waals surface area (Å²) in [5.41, 5.74) is 2.47. The maximum Gasteiger partial charge on any atom is 0.257 e. The van der Waals surface area contributed by atoms with Crippen LogP contribution < -0.4 is 10.1 Å². The molecule has 3 rings (SSSR count). The van der Waals surface area contributed by atoms with Crippen molar-refractivity contribution in [2.75, 3.05) is 45.9 Å². The van der Waals surface area contributed by atoms with Gasteiger partial charge in [-0.15, -0.1) is 0 Å². The van der Waals surface area contributed by atoms with Gasteiger partial charge >= 0.3 is 0 Å². The van der Waals surface area contributed by atoms with Gasteiger partial charge in [-0.3, -0.25) is 9.69 Å². The number of aryl methyl sites for hydroxylation is 1. The summed E-state index contributed by atoms with van der Waals surface area (Å²) in [6.07, 6.45) is 2.22. The third-order valence-corrected chi connectivity index (χ3v) is 5.75. The molecule has 1 saturated heterocycles. The minimum atomic E-state index is -0.0988. The Morgan fingerprint density at radius 1 is 0.906 bits per heavy atom. The van der Waals surface area contributed by atoms with Crippen molar-refractivity contribution in [2.24, 2.45) is 0 Å². The number of Topliss-reactive ketones (excluding diaryl/α,β-unsaturated/α-hetero) is 1. The first-order valence-corrected chi connectivity index (χ1v) is 11.5. The van der Waals surface area contributed by atoms with E-state index >= 15 is 0 Å². The number of nitrogens with one attached hydrogen (secondary N) is 1. The molecule has 1 aliphatic heterocycles. The number of amides is 1. The van der Waals surface area contributed by atoms with Gasteiger partial charge in [-0.05, 0) is 49.6 Å². The number of nitrogens with zero attached hydrogens (tertiary/aromatic N) is 2. The predicted molar refractivity (Wildman–Crippen MR) is 127 cm³/mol. The van der Waals surface area contributed by atoms with Gasteiger partial charge < -0.3 is 19.7 Å². The summed E-state index contributed by atoms with van der Waals surface area (Å²) in [6.45, 7) is 8.63. The number of hydrogen-bond donors (Lipinski definition) is 1. The molecule has 0 spiro atoms. The van der Waals surface area contributed by atoms with Crippen LogP contribution in [0.5, 0.6) is 5.75 Å². The van der Waals surface area contributed by atoms with Crippen molar-refractivity contribution in [1.82, 2.24) is 15.1 Å². The van der Waals surface area contributed by atoms with Crippen molar-refractivity contribution in [3.05, 3.63) is 65.7 Å². The van der Waals surface area contributed by atoms with Crippen molar-refractivity contribution in [2.45, 2.75) is 32.7 Å². The van der Waals surface area contributed by atoms with E-state index in [4.69, 9.17) is 4.74 Å². The predicted octanol–water partition coefficient (Wildman–Crippen LogP) is 2.91. The molecule has 0 aromatic heterocycles. The molecule has 0 aliphatic carbocycles. The molecule has 0 radical (unpaired) electrons. The van der Waals surface area contributed by atoms with Gasteiger partial charge in [0.15, 0.2) is 6.61 Å². The molecule has 0 atom stereocenters. The quantitative estimate of drug-likeness (QED) is 0.518. The van der Waals surface area contributed by atoms with Crippen molar-refractivity contribution in [3.63, 3.8) is 0 Å². The van der Waals surface area contributed by atoms with Gasteiger partial charge in [0.25, 0.3) is 5.91 Å². The number of carbonyl (C=O) groups excluding carboxylic acids is 2. The Kier molecular flexibility index (Phi) is 9.72. The summed E-state index contributed by atoms with van der Waals surface area (Å²) < 4.78 is 5.56.